The largest absolute Gasteiger partial charge is 0.479 e. The molecule has 0 unspecified atom stereocenters. The molecule has 1 fully saturated rings. The molecule has 5 nitrogen and oxygen atoms in total. The van der Waals surface area contributed by atoms with Crippen LogP contribution in [-0.2, 0) is 16.0 Å². The molecule has 1 heterocycles. The average molecular weight is 358 g/mol. The van der Waals surface area contributed by atoms with Crippen LogP contribution in [-0.4, -0.2) is 39.5 Å². The molecule has 1 saturated carbocycles. The summed E-state index contributed by atoms with van der Waals surface area (Å²) in [6, 6.07) is 9.83. The van der Waals surface area contributed by atoms with E-state index in [1.807, 2.05) is 35.7 Å². The molecule has 0 saturated heterocycles. The van der Waals surface area contributed by atoms with Crippen molar-refractivity contribution in [2.45, 2.75) is 44.1 Å². The minimum atomic E-state index is -1.06. The first-order chi connectivity index (χ1) is 12.0. The van der Waals surface area contributed by atoms with Gasteiger partial charge in [0.1, 0.15) is 10.5 Å². The maximum absolute atomic E-state index is 12.7. The molecule has 6 heteroatoms. The molecule has 1 aromatic carbocycles. The van der Waals surface area contributed by atoms with Gasteiger partial charge in [0.25, 0.3) is 0 Å². The second kappa shape index (κ2) is 7.35. The first kappa shape index (κ1) is 17.6. The zero-order valence-electron chi connectivity index (χ0n) is 14.3. The van der Waals surface area contributed by atoms with Crippen molar-refractivity contribution in [3.63, 3.8) is 0 Å². The van der Waals surface area contributed by atoms with Crippen LogP contribution >= 0.6 is 11.3 Å². The number of amides is 1. The van der Waals surface area contributed by atoms with Gasteiger partial charge in [-0.15, -0.1) is 11.3 Å². The fraction of sp³-hybridized carbons (Fsp3) is 0.421. The smallest absolute Gasteiger partial charge is 0.329 e. The highest BCUT2D eigenvalue weighted by Crippen LogP contribution is 2.34. The van der Waals surface area contributed by atoms with E-state index in [-0.39, 0.29) is 12.3 Å². The van der Waals surface area contributed by atoms with Crippen molar-refractivity contribution in [1.82, 2.24) is 9.88 Å². The second-order valence-electron chi connectivity index (χ2n) is 6.54. The summed E-state index contributed by atoms with van der Waals surface area (Å²) in [6.07, 6.45) is 3.91. The Hall–Kier alpha value is -2.21. The van der Waals surface area contributed by atoms with Crippen LogP contribution in [0.3, 0.4) is 0 Å². The fourth-order valence-electron chi connectivity index (χ4n) is 3.44. The van der Waals surface area contributed by atoms with Gasteiger partial charge in [0.2, 0.25) is 5.91 Å². The maximum Gasteiger partial charge on any atom is 0.329 e. The number of hydrogen-bond donors (Lipinski definition) is 1. The molecule has 1 aliphatic rings. The molecule has 1 amide bonds. The number of rotatable bonds is 5. The van der Waals surface area contributed by atoms with Crippen LogP contribution in [0.25, 0.3) is 10.6 Å². The van der Waals surface area contributed by atoms with Crippen LogP contribution in [0.5, 0.6) is 0 Å². The van der Waals surface area contributed by atoms with Crippen LogP contribution in [0.4, 0.5) is 0 Å². The van der Waals surface area contributed by atoms with Crippen LogP contribution in [0.1, 0.15) is 37.8 Å². The Morgan fingerprint density at radius 3 is 2.52 bits per heavy atom. The molecule has 0 atom stereocenters. The number of carbonyl (C=O) groups excluding carboxylic acids is 1. The number of aromatic nitrogens is 1. The Labute approximate surface area is 151 Å². The standard InChI is InChI=1S/C19H22N2O3S/c1-21(19(18(23)24)10-6-3-7-11-19)16(22)12-15-13-25-17(20-15)14-8-4-2-5-9-14/h2,4-5,8-9,13H,3,6-7,10-12H2,1H3,(H,23,24). The molecular formula is C19H22N2O3S. The summed E-state index contributed by atoms with van der Waals surface area (Å²) in [7, 11) is 1.62. The van der Waals surface area contributed by atoms with Crippen molar-refractivity contribution in [3.05, 3.63) is 41.4 Å². The molecule has 1 aliphatic carbocycles. The number of carbonyl (C=O) groups is 2. The van der Waals surface area contributed by atoms with Crippen LogP contribution in [0, 0.1) is 0 Å². The molecule has 0 spiro atoms. The van der Waals surface area contributed by atoms with E-state index in [2.05, 4.69) is 4.98 Å². The molecule has 1 N–H and O–H groups in total. The summed E-state index contributed by atoms with van der Waals surface area (Å²) in [5.41, 5.74) is 0.652. The first-order valence-corrected chi connectivity index (χ1v) is 9.41. The van der Waals surface area contributed by atoms with Gasteiger partial charge in [0, 0.05) is 18.0 Å². The third-order valence-electron chi connectivity index (χ3n) is 5.00. The monoisotopic (exact) mass is 358 g/mol. The van der Waals surface area contributed by atoms with Gasteiger partial charge >= 0.3 is 5.97 Å². The van der Waals surface area contributed by atoms with E-state index >= 15 is 0 Å². The number of hydrogen-bond acceptors (Lipinski definition) is 4. The molecular weight excluding hydrogens is 336 g/mol. The number of thiazole rings is 1. The molecule has 0 aliphatic heterocycles. The third-order valence-corrected chi connectivity index (χ3v) is 5.94. The Morgan fingerprint density at radius 2 is 1.88 bits per heavy atom. The van der Waals surface area contributed by atoms with Crippen molar-refractivity contribution in [3.8, 4) is 10.6 Å². The van der Waals surface area contributed by atoms with Crippen LogP contribution in [0.15, 0.2) is 35.7 Å². The van der Waals surface area contributed by atoms with Crippen molar-refractivity contribution >= 4 is 23.2 Å². The highest BCUT2D eigenvalue weighted by Gasteiger charge is 2.45. The van der Waals surface area contributed by atoms with Crippen molar-refractivity contribution < 1.29 is 14.7 Å². The highest BCUT2D eigenvalue weighted by molar-refractivity contribution is 7.13. The summed E-state index contributed by atoms with van der Waals surface area (Å²) >= 11 is 1.50. The van der Waals surface area contributed by atoms with Gasteiger partial charge in [0.05, 0.1) is 12.1 Å². The van der Waals surface area contributed by atoms with Gasteiger partial charge in [-0.2, -0.15) is 0 Å². The van der Waals surface area contributed by atoms with Gasteiger partial charge in [-0.1, -0.05) is 49.6 Å². The lowest BCUT2D eigenvalue weighted by molar-refractivity contribution is -0.160. The summed E-state index contributed by atoms with van der Waals surface area (Å²) in [5, 5.41) is 12.5. The summed E-state index contributed by atoms with van der Waals surface area (Å²) < 4.78 is 0. The normalized spacial score (nSPS) is 16.4. The van der Waals surface area contributed by atoms with Crippen molar-refractivity contribution in [2.75, 3.05) is 7.05 Å². The molecule has 0 bridgehead atoms. The van der Waals surface area contributed by atoms with Gasteiger partial charge < -0.3 is 10.0 Å². The van der Waals surface area contributed by atoms with Gasteiger partial charge in [-0.05, 0) is 12.8 Å². The average Bonchev–Trinajstić information content (AvgIpc) is 3.10. The van der Waals surface area contributed by atoms with E-state index in [9.17, 15) is 14.7 Å². The van der Waals surface area contributed by atoms with E-state index in [1.54, 1.807) is 7.05 Å². The number of aliphatic carboxylic acids is 1. The zero-order valence-corrected chi connectivity index (χ0v) is 15.1. The van der Waals surface area contributed by atoms with E-state index in [4.69, 9.17) is 0 Å². The lowest BCUT2D eigenvalue weighted by atomic mass is 9.80. The van der Waals surface area contributed by atoms with Gasteiger partial charge in [0.15, 0.2) is 0 Å². The second-order valence-corrected chi connectivity index (χ2v) is 7.40. The molecule has 132 valence electrons. The van der Waals surface area contributed by atoms with E-state index < -0.39 is 11.5 Å². The molecule has 3 rings (SSSR count). The van der Waals surface area contributed by atoms with E-state index in [1.165, 1.54) is 16.2 Å². The maximum atomic E-state index is 12.7. The van der Waals surface area contributed by atoms with Crippen LogP contribution < -0.4 is 0 Å². The Morgan fingerprint density at radius 1 is 1.20 bits per heavy atom. The minimum absolute atomic E-state index is 0.134. The van der Waals surface area contributed by atoms with Crippen LogP contribution in [0.2, 0.25) is 0 Å². The predicted molar refractivity (Wildman–Crippen MR) is 97.5 cm³/mol. The third kappa shape index (κ3) is 3.58. The quantitative estimate of drug-likeness (QED) is 0.886. The Balaban J connectivity index is 1.73. The van der Waals surface area contributed by atoms with E-state index in [0.717, 1.165) is 29.8 Å². The lowest BCUT2D eigenvalue weighted by Gasteiger charge is -2.41. The van der Waals surface area contributed by atoms with Gasteiger partial charge in [-0.25, -0.2) is 9.78 Å². The number of carboxylic acids is 1. The van der Waals surface area contributed by atoms with Gasteiger partial charge in [-0.3, -0.25) is 4.79 Å². The summed E-state index contributed by atoms with van der Waals surface area (Å²) in [4.78, 5) is 30.5. The predicted octanol–water partition coefficient (Wildman–Crippen LogP) is 3.60. The number of likely N-dealkylation sites (N-methyl/N-ethyl adjacent to an activating group) is 1. The molecule has 25 heavy (non-hydrogen) atoms. The minimum Gasteiger partial charge on any atom is -0.479 e. The number of benzene rings is 1. The Bertz CT molecular complexity index is 751. The Kier molecular flexibility index (Phi) is 5.18. The number of carboxylic acid groups (broad SMARTS) is 1. The summed E-state index contributed by atoms with van der Waals surface area (Å²) in [6.45, 7) is 0. The molecule has 2 aromatic rings. The molecule has 1 aromatic heterocycles. The first-order valence-electron chi connectivity index (χ1n) is 8.53. The van der Waals surface area contributed by atoms with Crippen molar-refractivity contribution in [1.29, 1.82) is 0 Å². The van der Waals surface area contributed by atoms with E-state index in [0.29, 0.717) is 18.5 Å². The fourth-order valence-corrected chi connectivity index (χ4v) is 4.27. The highest BCUT2D eigenvalue weighted by atomic mass is 32.1. The summed E-state index contributed by atoms with van der Waals surface area (Å²) in [5.74, 6) is -1.08. The lowest BCUT2D eigenvalue weighted by Crippen LogP contribution is -2.56. The molecule has 0 radical (unpaired) electrons. The van der Waals surface area contributed by atoms with Crippen molar-refractivity contribution in [2.24, 2.45) is 0 Å². The SMILES string of the molecule is CN(C(=O)Cc1csc(-c2ccccc2)n1)C1(C(=O)O)CCCCC1. The zero-order chi connectivity index (χ0) is 17.9. The topological polar surface area (TPSA) is 70.5 Å². The number of nitrogens with zero attached hydrogens (tertiary/aromatic N) is 2.